The molecule has 1 amide bonds. The second-order valence-corrected chi connectivity index (χ2v) is 7.19. The van der Waals surface area contributed by atoms with Crippen LogP contribution in [0.1, 0.15) is 57.3 Å². The van der Waals surface area contributed by atoms with Crippen LogP contribution in [-0.4, -0.2) is 42.3 Å². The maximum atomic E-state index is 12.0. The van der Waals surface area contributed by atoms with Crippen molar-refractivity contribution in [2.24, 2.45) is 5.92 Å². The quantitative estimate of drug-likeness (QED) is 0.633. The lowest BCUT2D eigenvalue weighted by Crippen LogP contribution is -2.32. The number of nitrogens with one attached hydrogen (secondary N) is 2. The minimum absolute atomic E-state index is 0.0188. The smallest absolute Gasteiger partial charge is 0.257 e. The van der Waals surface area contributed by atoms with E-state index in [9.17, 15) is 14.7 Å². The van der Waals surface area contributed by atoms with Gasteiger partial charge in [-0.15, -0.1) is 0 Å². The van der Waals surface area contributed by atoms with Crippen LogP contribution >= 0.6 is 0 Å². The van der Waals surface area contributed by atoms with Gasteiger partial charge < -0.3 is 20.6 Å². The third-order valence-corrected chi connectivity index (χ3v) is 4.11. The van der Waals surface area contributed by atoms with Gasteiger partial charge in [0.05, 0.1) is 17.7 Å². The molecule has 1 aliphatic carbocycles. The number of hydrogen-bond acceptors (Lipinski definition) is 5. The van der Waals surface area contributed by atoms with E-state index in [0.717, 1.165) is 18.2 Å². The fourth-order valence-electron chi connectivity index (χ4n) is 2.68. The summed E-state index contributed by atoms with van der Waals surface area (Å²) in [6.45, 7) is 9.40. The topological polar surface area (TPSA) is 81.7 Å². The van der Waals surface area contributed by atoms with Crippen LogP contribution in [0.5, 0.6) is 5.75 Å². The van der Waals surface area contributed by atoms with E-state index in [1.165, 1.54) is 17.7 Å². The fourth-order valence-corrected chi connectivity index (χ4v) is 2.68. The number of Topliss-reactive ketones (excluding diaryl/α,β-unsaturated/α-hetero) is 1. The number of benzene rings is 1. The van der Waals surface area contributed by atoms with Gasteiger partial charge >= 0.3 is 0 Å². The second-order valence-electron chi connectivity index (χ2n) is 7.19. The third-order valence-electron chi connectivity index (χ3n) is 4.11. The van der Waals surface area contributed by atoms with Gasteiger partial charge in [0.25, 0.3) is 5.91 Å². The van der Waals surface area contributed by atoms with Gasteiger partial charge in [-0.2, -0.15) is 0 Å². The summed E-state index contributed by atoms with van der Waals surface area (Å²) in [5, 5.41) is 16.2. The summed E-state index contributed by atoms with van der Waals surface area (Å²) in [4.78, 5) is 25.0. The molecule has 0 unspecified atom stereocenters. The molecule has 1 aromatic carbocycles. The predicted octanol–water partition coefficient (Wildman–Crippen LogP) is 3.74. The van der Waals surface area contributed by atoms with Gasteiger partial charge in [0, 0.05) is 26.3 Å². The van der Waals surface area contributed by atoms with E-state index >= 15 is 0 Å². The van der Waals surface area contributed by atoms with E-state index in [2.05, 4.69) is 31.4 Å². The van der Waals surface area contributed by atoms with Gasteiger partial charge in [0.1, 0.15) is 5.70 Å². The van der Waals surface area contributed by atoms with Gasteiger partial charge in [-0.3, -0.25) is 9.59 Å². The molecular formula is C21H33N3O3. The van der Waals surface area contributed by atoms with E-state index in [0.29, 0.717) is 17.8 Å². The number of anilines is 1. The molecule has 0 radical (unpaired) electrons. The molecule has 150 valence electrons. The zero-order chi connectivity index (χ0) is 20.6. The van der Waals surface area contributed by atoms with Crippen LogP contribution in [-0.2, 0) is 4.79 Å². The van der Waals surface area contributed by atoms with Gasteiger partial charge in [-0.05, 0) is 25.0 Å². The van der Waals surface area contributed by atoms with Crippen LogP contribution in [0.25, 0.3) is 0 Å². The van der Waals surface area contributed by atoms with Crippen molar-refractivity contribution in [1.29, 1.82) is 0 Å². The number of ketones is 1. The summed E-state index contributed by atoms with van der Waals surface area (Å²) in [6.07, 6.45) is 3.07. The molecule has 1 aromatic rings. The van der Waals surface area contributed by atoms with Crippen molar-refractivity contribution in [1.82, 2.24) is 10.2 Å². The van der Waals surface area contributed by atoms with E-state index in [1.807, 2.05) is 6.92 Å². The van der Waals surface area contributed by atoms with E-state index < -0.39 is 0 Å². The first-order valence-corrected chi connectivity index (χ1v) is 9.53. The van der Waals surface area contributed by atoms with Gasteiger partial charge in [-0.1, -0.05) is 39.7 Å². The Morgan fingerprint density at radius 2 is 1.93 bits per heavy atom. The van der Waals surface area contributed by atoms with E-state index in [4.69, 9.17) is 0 Å². The Balaban J connectivity index is 0.000000527. The Labute approximate surface area is 162 Å². The molecule has 0 aliphatic heterocycles. The van der Waals surface area contributed by atoms with E-state index in [-0.39, 0.29) is 23.0 Å². The summed E-state index contributed by atoms with van der Waals surface area (Å²) in [6, 6.07) is 4.84. The number of carbonyl (C=O) groups excluding carboxylic acids is 2. The molecule has 0 fully saturated rings. The zero-order valence-corrected chi connectivity index (χ0v) is 17.3. The predicted molar refractivity (Wildman–Crippen MR) is 110 cm³/mol. The lowest BCUT2D eigenvalue weighted by molar-refractivity contribution is -0.116. The minimum Gasteiger partial charge on any atom is -0.505 e. The van der Waals surface area contributed by atoms with Crippen LogP contribution in [0, 0.1) is 5.92 Å². The first kappa shape index (κ1) is 22.5. The van der Waals surface area contributed by atoms with Gasteiger partial charge in [-0.25, -0.2) is 0 Å². The number of hydrogen-bond donors (Lipinski definition) is 3. The lowest BCUT2D eigenvalue weighted by Gasteiger charge is -2.25. The number of rotatable bonds is 7. The molecule has 0 saturated carbocycles. The minimum atomic E-state index is -0.294. The maximum absolute atomic E-state index is 12.0. The highest BCUT2D eigenvalue weighted by Crippen LogP contribution is 2.32. The number of phenols is 1. The second kappa shape index (κ2) is 10.6. The highest BCUT2D eigenvalue weighted by Gasteiger charge is 2.28. The molecular weight excluding hydrogens is 342 g/mol. The molecule has 1 aliphatic rings. The maximum Gasteiger partial charge on any atom is 0.257 e. The van der Waals surface area contributed by atoms with Crippen molar-refractivity contribution in [3.05, 3.63) is 35.2 Å². The van der Waals surface area contributed by atoms with E-state index in [1.54, 1.807) is 32.3 Å². The summed E-state index contributed by atoms with van der Waals surface area (Å²) in [5.41, 5.74) is 1.82. The number of amides is 1. The van der Waals surface area contributed by atoms with Crippen molar-refractivity contribution in [3.8, 4) is 5.75 Å². The molecule has 6 heteroatoms. The van der Waals surface area contributed by atoms with Crippen molar-refractivity contribution in [2.45, 2.75) is 47.0 Å². The molecule has 0 bridgehead atoms. The van der Waals surface area contributed by atoms with Crippen LogP contribution in [0.2, 0.25) is 0 Å². The molecule has 2 rings (SSSR count). The molecule has 0 heterocycles. The number of aromatic hydroxyl groups is 1. The highest BCUT2D eigenvalue weighted by molar-refractivity contribution is 6.07. The average molecular weight is 376 g/mol. The number of carbonyl (C=O) groups is 2. The Morgan fingerprint density at radius 3 is 2.37 bits per heavy atom. The number of phenolic OH excluding ortho intramolecular Hbond substituents is 1. The standard InChI is InChI=1S/C15H19N3O3.C6H14/c1-4-16-11-8-12(19)13(11)17-10-7-5-6-9(14(10)20)15(21)18(2)3;1-4-5-6(2)3/h5-7,16-17,20H,4,8H2,1-3H3;6H,4-5H2,1-3H3. The Hall–Kier alpha value is -2.50. The zero-order valence-electron chi connectivity index (χ0n) is 17.3. The Bertz CT molecular complexity index is 694. The number of para-hydroxylation sites is 1. The van der Waals surface area contributed by atoms with Crippen LogP contribution in [0.3, 0.4) is 0 Å². The average Bonchev–Trinajstić information content (AvgIpc) is 2.60. The summed E-state index contributed by atoms with van der Waals surface area (Å²) < 4.78 is 0. The monoisotopic (exact) mass is 375 g/mol. The molecule has 0 atom stereocenters. The largest absolute Gasteiger partial charge is 0.505 e. The normalized spacial score (nSPS) is 12.9. The first-order valence-electron chi connectivity index (χ1n) is 9.53. The first-order chi connectivity index (χ1) is 12.7. The Kier molecular flexibility index (Phi) is 8.85. The van der Waals surface area contributed by atoms with Crippen LogP contribution in [0.4, 0.5) is 5.69 Å². The Morgan fingerprint density at radius 1 is 1.26 bits per heavy atom. The fraction of sp³-hybridized carbons (Fsp3) is 0.524. The van der Waals surface area contributed by atoms with Gasteiger partial charge in [0.2, 0.25) is 0 Å². The summed E-state index contributed by atoms with van der Waals surface area (Å²) in [5.74, 6) is 0.431. The SMILES string of the molecule is CCCC(C)C.CCNC1=C(Nc2cccc(C(=O)N(C)C)c2O)C(=O)C1. The van der Waals surface area contributed by atoms with Crippen molar-refractivity contribution < 1.29 is 14.7 Å². The lowest BCUT2D eigenvalue weighted by atomic mass is 9.98. The molecule has 0 spiro atoms. The van der Waals surface area contributed by atoms with Crippen molar-refractivity contribution in [2.75, 3.05) is 26.0 Å². The van der Waals surface area contributed by atoms with Crippen molar-refractivity contribution >= 4 is 17.4 Å². The number of allylic oxidation sites excluding steroid dienone is 2. The molecule has 6 nitrogen and oxygen atoms in total. The van der Waals surface area contributed by atoms with Crippen LogP contribution in [0.15, 0.2) is 29.6 Å². The molecule has 27 heavy (non-hydrogen) atoms. The van der Waals surface area contributed by atoms with Gasteiger partial charge in [0.15, 0.2) is 11.5 Å². The molecule has 3 N–H and O–H groups in total. The summed E-state index contributed by atoms with van der Waals surface area (Å²) >= 11 is 0. The molecule has 0 saturated heterocycles. The van der Waals surface area contributed by atoms with Crippen molar-refractivity contribution in [3.63, 3.8) is 0 Å². The number of nitrogens with zero attached hydrogens (tertiary/aromatic N) is 1. The highest BCUT2D eigenvalue weighted by atomic mass is 16.3. The third kappa shape index (κ3) is 6.31. The molecule has 0 aromatic heterocycles. The van der Waals surface area contributed by atoms with Crippen LogP contribution < -0.4 is 10.6 Å². The summed E-state index contributed by atoms with van der Waals surface area (Å²) in [7, 11) is 3.23.